The van der Waals surface area contributed by atoms with Crippen molar-refractivity contribution >= 4 is 22.6 Å². The fourth-order valence-corrected chi connectivity index (χ4v) is 2.18. The summed E-state index contributed by atoms with van der Waals surface area (Å²) in [5, 5.41) is 0.919. The van der Waals surface area contributed by atoms with Crippen molar-refractivity contribution < 1.29 is 14.3 Å². The molecule has 3 heterocycles. The summed E-state index contributed by atoms with van der Waals surface area (Å²) in [6.07, 6.45) is 6.06. The fraction of sp³-hybridized carbons (Fsp3) is 0.286. The van der Waals surface area contributed by atoms with Gasteiger partial charge in [-0.1, -0.05) is 0 Å². The van der Waals surface area contributed by atoms with Crippen molar-refractivity contribution in [2.24, 2.45) is 0 Å². The standard InChI is InChI=1S/C14H14N2O3/c1-2-19-14(17)10-5-11-12(9-3-4-18-8-9)7-16-13(11)15-6-10/h5-8H,2-4H2,1H3,(H,15,16). The average Bonchev–Trinajstić information content (AvgIpc) is 3.06. The molecule has 0 spiro atoms. The molecule has 0 aromatic carbocycles. The van der Waals surface area contributed by atoms with Crippen LogP contribution in [0.15, 0.2) is 24.7 Å². The Balaban J connectivity index is 2.05. The third kappa shape index (κ3) is 2.07. The molecule has 3 rings (SSSR count). The van der Waals surface area contributed by atoms with Gasteiger partial charge in [0.25, 0.3) is 0 Å². The quantitative estimate of drug-likeness (QED) is 0.859. The summed E-state index contributed by atoms with van der Waals surface area (Å²) < 4.78 is 10.2. The molecule has 0 saturated carbocycles. The minimum Gasteiger partial charge on any atom is -0.501 e. The van der Waals surface area contributed by atoms with Crippen LogP contribution in [0.1, 0.15) is 29.3 Å². The number of esters is 1. The molecule has 19 heavy (non-hydrogen) atoms. The lowest BCUT2D eigenvalue weighted by Gasteiger charge is -2.02. The maximum Gasteiger partial charge on any atom is 0.339 e. The van der Waals surface area contributed by atoms with E-state index in [1.807, 2.05) is 12.3 Å². The third-order valence-corrected chi connectivity index (χ3v) is 3.10. The first-order chi connectivity index (χ1) is 9.29. The van der Waals surface area contributed by atoms with Crippen LogP contribution in [0.3, 0.4) is 0 Å². The third-order valence-electron chi connectivity index (χ3n) is 3.10. The molecule has 98 valence electrons. The number of carbonyl (C=O) groups is 1. The fourth-order valence-electron chi connectivity index (χ4n) is 2.18. The number of aromatic amines is 1. The summed E-state index contributed by atoms with van der Waals surface area (Å²) in [7, 11) is 0. The van der Waals surface area contributed by atoms with E-state index in [0.717, 1.165) is 28.6 Å². The number of aromatic nitrogens is 2. The van der Waals surface area contributed by atoms with Gasteiger partial charge in [-0.3, -0.25) is 0 Å². The monoisotopic (exact) mass is 258 g/mol. The van der Waals surface area contributed by atoms with Gasteiger partial charge in [-0.15, -0.1) is 0 Å². The second kappa shape index (κ2) is 4.76. The van der Waals surface area contributed by atoms with Crippen molar-refractivity contribution in [2.75, 3.05) is 13.2 Å². The predicted molar refractivity (Wildman–Crippen MR) is 70.6 cm³/mol. The van der Waals surface area contributed by atoms with E-state index in [9.17, 15) is 4.79 Å². The number of rotatable bonds is 3. The van der Waals surface area contributed by atoms with Gasteiger partial charge in [0.05, 0.1) is 25.0 Å². The molecule has 0 atom stereocenters. The molecule has 1 N–H and O–H groups in total. The molecule has 2 aromatic heterocycles. The molecule has 0 aliphatic carbocycles. The van der Waals surface area contributed by atoms with E-state index in [0.29, 0.717) is 18.8 Å². The highest BCUT2D eigenvalue weighted by atomic mass is 16.5. The van der Waals surface area contributed by atoms with Crippen molar-refractivity contribution in [1.29, 1.82) is 0 Å². The molecule has 5 heteroatoms. The molecule has 5 nitrogen and oxygen atoms in total. The van der Waals surface area contributed by atoms with E-state index in [1.54, 1.807) is 13.2 Å². The van der Waals surface area contributed by atoms with Crippen LogP contribution in [-0.2, 0) is 9.47 Å². The van der Waals surface area contributed by atoms with Crippen LogP contribution in [0.4, 0.5) is 0 Å². The maximum absolute atomic E-state index is 11.7. The molecule has 1 aliphatic heterocycles. The Morgan fingerprint density at radius 3 is 3.21 bits per heavy atom. The SMILES string of the molecule is CCOC(=O)c1cnc2[nH]cc(C3=COCC3)c2c1. The molecular weight excluding hydrogens is 244 g/mol. The van der Waals surface area contributed by atoms with Crippen molar-refractivity contribution in [3.05, 3.63) is 35.8 Å². The minimum absolute atomic E-state index is 0.347. The maximum atomic E-state index is 11.7. The lowest BCUT2D eigenvalue weighted by molar-refractivity contribution is 0.0526. The van der Waals surface area contributed by atoms with Gasteiger partial charge in [-0.2, -0.15) is 0 Å². The molecule has 0 amide bonds. The van der Waals surface area contributed by atoms with E-state index in [2.05, 4.69) is 9.97 Å². The Bertz CT molecular complexity index is 658. The van der Waals surface area contributed by atoms with Crippen LogP contribution in [0, 0.1) is 0 Å². The van der Waals surface area contributed by atoms with Crippen LogP contribution in [0.5, 0.6) is 0 Å². The molecule has 2 aromatic rings. The Hall–Kier alpha value is -2.30. The normalized spacial score (nSPS) is 14.3. The number of nitrogens with zero attached hydrogens (tertiary/aromatic N) is 1. The lowest BCUT2D eigenvalue weighted by atomic mass is 10.0. The lowest BCUT2D eigenvalue weighted by Crippen LogP contribution is -2.04. The van der Waals surface area contributed by atoms with Crippen molar-refractivity contribution in [3.8, 4) is 0 Å². The van der Waals surface area contributed by atoms with Crippen LogP contribution in [0.2, 0.25) is 0 Å². The van der Waals surface area contributed by atoms with Crippen molar-refractivity contribution in [3.63, 3.8) is 0 Å². The highest BCUT2D eigenvalue weighted by Gasteiger charge is 2.16. The van der Waals surface area contributed by atoms with Crippen LogP contribution in [-0.4, -0.2) is 29.2 Å². The Morgan fingerprint density at radius 1 is 1.58 bits per heavy atom. The molecule has 0 unspecified atom stereocenters. The second-order valence-corrected chi connectivity index (χ2v) is 4.31. The highest BCUT2D eigenvalue weighted by Crippen LogP contribution is 2.29. The number of hydrogen-bond acceptors (Lipinski definition) is 4. The number of carbonyl (C=O) groups excluding carboxylic acids is 1. The summed E-state index contributed by atoms with van der Waals surface area (Å²) in [6, 6.07) is 1.81. The van der Waals surface area contributed by atoms with E-state index >= 15 is 0 Å². The van der Waals surface area contributed by atoms with E-state index < -0.39 is 0 Å². The van der Waals surface area contributed by atoms with Gasteiger partial charge in [0.15, 0.2) is 0 Å². The van der Waals surface area contributed by atoms with Crippen LogP contribution in [0.25, 0.3) is 16.6 Å². The summed E-state index contributed by atoms with van der Waals surface area (Å²) in [6.45, 7) is 2.84. The largest absolute Gasteiger partial charge is 0.501 e. The number of pyridine rings is 1. The molecule has 0 saturated heterocycles. The second-order valence-electron chi connectivity index (χ2n) is 4.31. The summed E-state index contributed by atoms with van der Waals surface area (Å²) in [5.41, 5.74) is 3.38. The van der Waals surface area contributed by atoms with Gasteiger partial charge >= 0.3 is 5.97 Å². The van der Waals surface area contributed by atoms with E-state index in [1.165, 1.54) is 6.20 Å². The first kappa shape index (κ1) is 11.8. The van der Waals surface area contributed by atoms with Gasteiger partial charge in [0.2, 0.25) is 0 Å². The molecular formula is C14H14N2O3. The smallest absolute Gasteiger partial charge is 0.339 e. The van der Waals surface area contributed by atoms with Gasteiger partial charge in [-0.05, 0) is 18.6 Å². The zero-order valence-corrected chi connectivity index (χ0v) is 10.6. The number of ether oxygens (including phenoxy) is 2. The molecule has 0 fully saturated rings. The van der Waals surface area contributed by atoms with E-state index in [-0.39, 0.29) is 5.97 Å². The Kier molecular flexibility index (Phi) is 2.95. The van der Waals surface area contributed by atoms with Gasteiger partial charge in [0, 0.05) is 29.8 Å². The number of nitrogens with one attached hydrogen (secondary N) is 1. The van der Waals surface area contributed by atoms with E-state index in [4.69, 9.17) is 9.47 Å². The summed E-state index contributed by atoms with van der Waals surface area (Å²) in [4.78, 5) is 19.1. The van der Waals surface area contributed by atoms with Gasteiger partial charge in [0.1, 0.15) is 5.65 Å². The predicted octanol–water partition coefficient (Wildman–Crippen LogP) is 2.50. The number of fused-ring (bicyclic) bond motifs is 1. The zero-order valence-electron chi connectivity index (χ0n) is 10.6. The topological polar surface area (TPSA) is 64.2 Å². The highest BCUT2D eigenvalue weighted by molar-refractivity contribution is 5.97. The van der Waals surface area contributed by atoms with Crippen LogP contribution >= 0.6 is 0 Å². The molecule has 1 aliphatic rings. The number of H-pyrrole nitrogens is 1. The van der Waals surface area contributed by atoms with Crippen molar-refractivity contribution in [1.82, 2.24) is 9.97 Å². The Labute approximate surface area is 110 Å². The first-order valence-corrected chi connectivity index (χ1v) is 6.25. The van der Waals surface area contributed by atoms with Gasteiger partial charge < -0.3 is 14.5 Å². The van der Waals surface area contributed by atoms with Gasteiger partial charge in [-0.25, -0.2) is 9.78 Å². The van der Waals surface area contributed by atoms with Crippen molar-refractivity contribution in [2.45, 2.75) is 13.3 Å². The first-order valence-electron chi connectivity index (χ1n) is 6.25. The number of hydrogen-bond donors (Lipinski definition) is 1. The molecule has 0 radical (unpaired) electrons. The summed E-state index contributed by atoms with van der Waals surface area (Å²) >= 11 is 0. The van der Waals surface area contributed by atoms with Crippen LogP contribution < -0.4 is 0 Å². The summed E-state index contributed by atoms with van der Waals surface area (Å²) in [5.74, 6) is -0.347. The zero-order chi connectivity index (χ0) is 13.2. The average molecular weight is 258 g/mol. The minimum atomic E-state index is -0.347. The Morgan fingerprint density at radius 2 is 2.47 bits per heavy atom. The molecule has 0 bridgehead atoms.